The summed E-state index contributed by atoms with van der Waals surface area (Å²) in [4.78, 5) is 38.1. The maximum absolute atomic E-state index is 13.2. The highest BCUT2D eigenvalue weighted by Gasteiger charge is 2.56. The molecule has 12 nitrogen and oxygen atoms in total. The van der Waals surface area contributed by atoms with E-state index in [0.717, 1.165) is 30.5 Å². The van der Waals surface area contributed by atoms with Crippen molar-refractivity contribution in [1.29, 1.82) is 0 Å². The van der Waals surface area contributed by atoms with E-state index in [-0.39, 0.29) is 29.6 Å². The van der Waals surface area contributed by atoms with Crippen LogP contribution in [0.5, 0.6) is 0 Å². The molecular formula is C28H36N6O6S. The Morgan fingerprint density at radius 2 is 1.76 bits per heavy atom. The molecule has 2 fully saturated rings. The van der Waals surface area contributed by atoms with Crippen molar-refractivity contribution >= 4 is 34.1 Å². The number of carbonyl (C=O) groups excluding carboxylic acids is 2. The molecule has 6 N–H and O–H groups in total. The van der Waals surface area contributed by atoms with Gasteiger partial charge < -0.3 is 26.5 Å². The Hall–Kier alpha value is -3.97. The SMILES string of the molecule is NN=CN1CCC[C@@H](CNC(=O)C2C(CCC(=O)NCC(=O)O)[C@@H]2NS(=O)(=O)c2ccc(-c3ccccc3)cc2)C1. The van der Waals surface area contributed by atoms with E-state index in [2.05, 4.69) is 20.5 Å². The first-order chi connectivity index (χ1) is 19.7. The number of rotatable bonds is 13. The van der Waals surface area contributed by atoms with E-state index >= 15 is 0 Å². The van der Waals surface area contributed by atoms with Gasteiger partial charge in [0.05, 0.1) is 10.8 Å². The van der Waals surface area contributed by atoms with Crippen molar-refractivity contribution in [3.63, 3.8) is 0 Å². The summed E-state index contributed by atoms with van der Waals surface area (Å²) in [5.41, 5.74) is 1.83. The number of nitrogens with zero attached hydrogens (tertiary/aromatic N) is 2. The molecule has 1 saturated heterocycles. The number of amides is 2. The fourth-order valence-electron chi connectivity index (χ4n) is 5.34. The third kappa shape index (κ3) is 8.27. The second-order valence-corrected chi connectivity index (χ2v) is 12.2. The van der Waals surface area contributed by atoms with Gasteiger partial charge in [-0.2, -0.15) is 5.10 Å². The normalized spacial score (nSPS) is 22.3. The second-order valence-electron chi connectivity index (χ2n) is 10.4. The van der Waals surface area contributed by atoms with E-state index in [0.29, 0.717) is 13.1 Å². The van der Waals surface area contributed by atoms with Gasteiger partial charge in [0, 0.05) is 32.1 Å². The maximum Gasteiger partial charge on any atom is 0.322 e. The first-order valence-corrected chi connectivity index (χ1v) is 15.1. The molecule has 2 aliphatic rings. The van der Waals surface area contributed by atoms with Crippen LogP contribution in [-0.2, 0) is 24.4 Å². The highest BCUT2D eigenvalue weighted by Crippen LogP contribution is 2.44. The van der Waals surface area contributed by atoms with Crippen molar-refractivity contribution in [3.8, 4) is 11.1 Å². The number of benzene rings is 2. The Morgan fingerprint density at radius 3 is 2.44 bits per heavy atom. The van der Waals surface area contributed by atoms with E-state index < -0.39 is 46.3 Å². The highest BCUT2D eigenvalue weighted by molar-refractivity contribution is 7.89. The topological polar surface area (TPSA) is 183 Å². The standard InChI is InChI=1S/C28H36N6O6S/c29-32-18-34-14-4-5-19(17-34)15-31-28(38)26-23(12-13-24(35)30-16-25(36)37)27(26)33-41(39,40)22-10-8-21(9-11-22)20-6-2-1-3-7-20/h1-3,6-11,18-19,23,26-27,33H,4-5,12-17,29H2,(H,30,35)(H,31,38)(H,36,37)/t19-,23?,26?,27-/m0/s1. The van der Waals surface area contributed by atoms with Crippen LogP contribution in [-0.4, -0.2) is 74.8 Å². The van der Waals surface area contributed by atoms with Crippen LogP contribution in [0.4, 0.5) is 0 Å². The Labute approximate surface area is 239 Å². The lowest BCUT2D eigenvalue weighted by molar-refractivity contribution is -0.137. The van der Waals surface area contributed by atoms with Crippen molar-refractivity contribution in [2.45, 2.75) is 36.6 Å². The van der Waals surface area contributed by atoms with Crippen LogP contribution in [0.15, 0.2) is 64.6 Å². The summed E-state index contributed by atoms with van der Waals surface area (Å²) in [7, 11) is -3.95. The molecular weight excluding hydrogens is 548 g/mol. The predicted octanol–water partition coefficient (Wildman–Crippen LogP) is 0.958. The minimum absolute atomic E-state index is 0.0261. The van der Waals surface area contributed by atoms with Crippen LogP contribution >= 0.6 is 0 Å². The number of sulfonamides is 1. The first-order valence-electron chi connectivity index (χ1n) is 13.6. The molecule has 2 unspecified atom stereocenters. The molecule has 0 radical (unpaired) electrons. The van der Waals surface area contributed by atoms with Crippen molar-refractivity contribution < 1.29 is 27.9 Å². The predicted molar refractivity (Wildman–Crippen MR) is 153 cm³/mol. The largest absolute Gasteiger partial charge is 0.480 e. The fourth-order valence-corrected chi connectivity index (χ4v) is 6.65. The number of nitrogens with two attached hydrogens (primary N) is 1. The summed E-state index contributed by atoms with van der Waals surface area (Å²) in [6.07, 6.45) is 3.66. The zero-order chi connectivity index (χ0) is 29.4. The van der Waals surface area contributed by atoms with Crippen LogP contribution in [0.2, 0.25) is 0 Å². The molecule has 1 aliphatic heterocycles. The van der Waals surface area contributed by atoms with E-state index in [9.17, 15) is 22.8 Å². The maximum atomic E-state index is 13.2. The molecule has 220 valence electrons. The number of likely N-dealkylation sites (tertiary alicyclic amines) is 1. The van der Waals surface area contributed by atoms with E-state index in [1.54, 1.807) is 18.5 Å². The van der Waals surface area contributed by atoms with Gasteiger partial charge in [-0.25, -0.2) is 13.1 Å². The summed E-state index contributed by atoms with van der Waals surface area (Å²) in [6, 6.07) is 15.4. The lowest BCUT2D eigenvalue weighted by Gasteiger charge is -2.31. The summed E-state index contributed by atoms with van der Waals surface area (Å²) < 4.78 is 29.2. The summed E-state index contributed by atoms with van der Waals surface area (Å²) in [5.74, 6) is 2.49. The van der Waals surface area contributed by atoms with Gasteiger partial charge in [0.25, 0.3) is 0 Å². The number of nitrogens with one attached hydrogen (secondary N) is 3. The van der Waals surface area contributed by atoms with Gasteiger partial charge in [-0.3, -0.25) is 14.4 Å². The molecule has 2 aromatic carbocycles. The van der Waals surface area contributed by atoms with Gasteiger partial charge in [0.15, 0.2) is 0 Å². The van der Waals surface area contributed by atoms with Crippen LogP contribution in [0.3, 0.4) is 0 Å². The number of carbonyl (C=O) groups is 3. The van der Waals surface area contributed by atoms with Crippen LogP contribution in [0.1, 0.15) is 25.7 Å². The van der Waals surface area contributed by atoms with Crippen LogP contribution in [0.25, 0.3) is 11.1 Å². The Balaban J connectivity index is 1.40. The number of carboxylic acids is 1. The first kappa shape index (κ1) is 30.0. The molecule has 41 heavy (non-hydrogen) atoms. The molecule has 13 heteroatoms. The lowest BCUT2D eigenvalue weighted by Crippen LogP contribution is -2.41. The van der Waals surface area contributed by atoms with Gasteiger partial charge in [0.2, 0.25) is 21.8 Å². The van der Waals surface area contributed by atoms with E-state index in [4.69, 9.17) is 10.9 Å². The molecule has 1 aliphatic carbocycles. The molecule has 4 atom stereocenters. The minimum atomic E-state index is -3.95. The molecule has 1 saturated carbocycles. The van der Waals surface area contributed by atoms with E-state index in [1.165, 1.54) is 12.1 Å². The zero-order valence-electron chi connectivity index (χ0n) is 22.6. The molecule has 1 heterocycles. The number of hydrogen-bond acceptors (Lipinski definition) is 7. The molecule has 2 amide bonds. The number of piperidine rings is 1. The summed E-state index contributed by atoms with van der Waals surface area (Å²) in [5, 5.41) is 17.6. The number of hydrazone groups is 1. The highest BCUT2D eigenvalue weighted by atomic mass is 32.2. The monoisotopic (exact) mass is 584 g/mol. The minimum Gasteiger partial charge on any atom is -0.480 e. The van der Waals surface area contributed by atoms with Gasteiger partial charge in [-0.15, -0.1) is 0 Å². The van der Waals surface area contributed by atoms with Crippen molar-refractivity contribution in [2.75, 3.05) is 26.2 Å². The van der Waals surface area contributed by atoms with Crippen LogP contribution in [0, 0.1) is 17.8 Å². The third-order valence-electron chi connectivity index (χ3n) is 7.52. The van der Waals surface area contributed by atoms with Crippen LogP contribution < -0.4 is 21.2 Å². The van der Waals surface area contributed by atoms with Gasteiger partial charge in [-0.05, 0) is 54.4 Å². The summed E-state index contributed by atoms with van der Waals surface area (Å²) >= 11 is 0. The Bertz CT molecular complexity index is 1350. The van der Waals surface area contributed by atoms with Crippen molar-refractivity contribution in [3.05, 3.63) is 54.6 Å². The molecule has 2 aromatic rings. The summed E-state index contributed by atoms with van der Waals surface area (Å²) in [6.45, 7) is 1.47. The molecule has 0 aromatic heterocycles. The number of carboxylic acid groups (broad SMARTS) is 1. The quantitative estimate of drug-likeness (QED) is 0.0998. The Morgan fingerprint density at radius 1 is 1.05 bits per heavy atom. The molecule has 0 spiro atoms. The van der Waals surface area contributed by atoms with Crippen molar-refractivity contribution in [1.82, 2.24) is 20.3 Å². The zero-order valence-corrected chi connectivity index (χ0v) is 23.4. The lowest BCUT2D eigenvalue weighted by atomic mass is 9.98. The third-order valence-corrected chi connectivity index (χ3v) is 9.00. The van der Waals surface area contributed by atoms with Gasteiger partial charge in [0.1, 0.15) is 12.9 Å². The average Bonchev–Trinajstić information content (AvgIpc) is 3.65. The smallest absolute Gasteiger partial charge is 0.322 e. The molecule has 4 rings (SSSR count). The Kier molecular flexibility index (Phi) is 9.95. The van der Waals surface area contributed by atoms with Gasteiger partial charge in [-0.1, -0.05) is 42.5 Å². The average molecular weight is 585 g/mol. The number of aliphatic carboxylic acids is 1. The van der Waals surface area contributed by atoms with E-state index in [1.807, 2.05) is 35.2 Å². The van der Waals surface area contributed by atoms with Crippen molar-refractivity contribution in [2.24, 2.45) is 28.7 Å². The number of hydrogen-bond donors (Lipinski definition) is 5. The molecule has 0 bridgehead atoms. The fraction of sp³-hybridized carbons (Fsp3) is 0.429. The second kappa shape index (κ2) is 13.6. The van der Waals surface area contributed by atoms with Gasteiger partial charge >= 0.3 is 5.97 Å².